The summed E-state index contributed by atoms with van der Waals surface area (Å²) >= 11 is 0. The second-order valence-corrected chi connectivity index (χ2v) is 3.28. The smallest absolute Gasteiger partial charge is 0.269 e. The molecule has 0 aromatic carbocycles. The van der Waals surface area contributed by atoms with Crippen molar-refractivity contribution in [3.63, 3.8) is 0 Å². The largest absolute Gasteiger partial charge is 0.356 e. The Morgan fingerprint density at radius 3 is 2.57 bits per heavy atom. The number of aromatic nitrogens is 1. The first kappa shape index (κ1) is 10.5. The van der Waals surface area contributed by atoms with E-state index in [2.05, 4.69) is 4.98 Å². The van der Waals surface area contributed by atoms with Crippen molar-refractivity contribution in [2.75, 3.05) is 14.1 Å². The molecule has 1 N–H and O–H groups in total. The van der Waals surface area contributed by atoms with E-state index in [-0.39, 0.29) is 11.7 Å². The van der Waals surface area contributed by atoms with Crippen molar-refractivity contribution in [1.29, 1.82) is 0 Å². The second-order valence-electron chi connectivity index (χ2n) is 3.28. The van der Waals surface area contributed by atoms with Gasteiger partial charge in [-0.1, -0.05) is 6.92 Å². The summed E-state index contributed by atoms with van der Waals surface area (Å²) in [6, 6.07) is 1.59. The molecule has 0 aliphatic carbocycles. The molecule has 1 aromatic rings. The summed E-state index contributed by atoms with van der Waals surface area (Å²) < 4.78 is 0. The molecule has 1 amide bonds. The normalized spacial score (nSPS) is 9.93. The van der Waals surface area contributed by atoms with Crippen molar-refractivity contribution in [2.45, 2.75) is 13.3 Å². The van der Waals surface area contributed by atoms with Gasteiger partial charge in [-0.15, -0.1) is 0 Å². The fraction of sp³-hybridized carbons (Fsp3) is 0.400. The van der Waals surface area contributed by atoms with E-state index in [1.807, 2.05) is 0 Å². The molecular weight excluding hydrogens is 180 g/mol. The van der Waals surface area contributed by atoms with Crippen LogP contribution in [0.5, 0.6) is 0 Å². The Hall–Kier alpha value is -1.58. The van der Waals surface area contributed by atoms with Gasteiger partial charge in [-0.2, -0.15) is 0 Å². The van der Waals surface area contributed by atoms with Gasteiger partial charge in [-0.3, -0.25) is 9.59 Å². The third-order valence-electron chi connectivity index (χ3n) is 1.96. The molecule has 4 nitrogen and oxygen atoms in total. The predicted octanol–water partition coefficient (Wildman–Crippen LogP) is 1.31. The minimum absolute atomic E-state index is 0.0408. The molecule has 0 aliphatic rings. The molecule has 0 atom stereocenters. The van der Waals surface area contributed by atoms with Gasteiger partial charge in [0.15, 0.2) is 5.78 Å². The lowest BCUT2D eigenvalue weighted by Gasteiger charge is -2.07. The summed E-state index contributed by atoms with van der Waals surface area (Å²) in [5.41, 5.74) is 1.02. The topological polar surface area (TPSA) is 53.2 Å². The van der Waals surface area contributed by atoms with Gasteiger partial charge in [0.05, 0.1) is 0 Å². The van der Waals surface area contributed by atoms with Gasteiger partial charge in [-0.25, -0.2) is 0 Å². The Kier molecular flexibility index (Phi) is 3.06. The fourth-order valence-corrected chi connectivity index (χ4v) is 1.12. The Balaban J connectivity index is 2.88. The van der Waals surface area contributed by atoms with Gasteiger partial charge in [0.1, 0.15) is 5.69 Å². The first-order valence-electron chi connectivity index (χ1n) is 4.49. The number of rotatable bonds is 3. The highest BCUT2D eigenvalue weighted by atomic mass is 16.2. The molecule has 0 saturated heterocycles. The van der Waals surface area contributed by atoms with Gasteiger partial charge in [0.2, 0.25) is 0 Å². The summed E-state index contributed by atoms with van der Waals surface area (Å²) in [7, 11) is 3.34. The number of aromatic amines is 1. The van der Waals surface area contributed by atoms with E-state index in [9.17, 15) is 9.59 Å². The number of ketones is 1. The third kappa shape index (κ3) is 2.02. The maximum absolute atomic E-state index is 11.5. The lowest BCUT2D eigenvalue weighted by molar-refractivity contribution is 0.0822. The molecule has 0 aliphatic heterocycles. The van der Waals surface area contributed by atoms with Gasteiger partial charge in [0, 0.05) is 32.3 Å². The van der Waals surface area contributed by atoms with Crippen molar-refractivity contribution in [1.82, 2.24) is 9.88 Å². The average molecular weight is 194 g/mol. The number of H-pyrrole nitrogens is 1. The lowest BCUT2D eigenvalue weighted by atomic mass is 10.2. The first-order valence-corrected chi connectivity index (χ1v) is 4.49. The van der Waals surface area contributed by atoms with Crippen LogP contribution in [-0.2, 0) is 0 Å². The molecule has 4 heteroatoms. The number of nitrogens with one attached hydrogen (secondary N) is 1. The maximum Gasteiger partial charge on any atom is 0.269 e. The van der Waals surface area contributed by atoms with Crippen LogP contribution in [0, 0.1) is 0 Å². The van der Waals surface area contributed by atoms with E-state index >= 15 is 0 Å². The average Bonchev–Trinajstić information content (AvgIpc) is 2.64. The Labute approximate surface area is 82.9 Å². The van der Waals surface area contributed by atoms with Crippen molar-refractivity contribution >= 4 is 11.7 Å². The van der Waals surface area contributed by atoms with E-state index < -0.39 is 0 Å². The number of carbonyl (C=O) groups excluding carboxylic acids is 2. The zero-order valence-corrected chi connectivity index (χ0v) is 8.63. The van der Waals surface area contributed by atoms with Gasteiger partial charge in [-0.05, 0) is 6.07 Å². The first-order chi connectivity index (χ1) is 6.56. The highest BCUT2D eigenvalue weighted by Gasteiger charge is 2.12. The zero-order valence-electron chi connectivity index (χ0n) is 8.63. The summed E-state index contributed by atoms with van der Waals surface area (Å²) in [6.45, 7) is 1.79. The summed E-state index contributed by atoms with van der Waals surface area (Å²) in [4.78, 5) is 27.0. The molecule has 76 valence electrons. The molecule has 0 saturated carbocycles. The van der Waals surface area contributed by atoms with Crippen LogP contribution < -0.4 is 0 Å². The van der Waals surface area contributed by atoms with Crippen LogP contribution in [0.3, 0.4) is 0 Å². The van der Waals surface area contributed by atoms with Crippen LogP contribution in [0.25, 0.3) is 0 Å². The molecule has 0 unspecified atom stereocenters. The fourth-order valence-electron chi connectivity index (χ4n) is 1.12. The third-order valence-corrected chi connectivity index (χ3v) is 1.96. The van der Waals surface area contributed by atoms with E-state index in [4.69, 9.17) is 0 Å². The Morgan fingerprint density at radius 2 is 2.07 bits per heavy atom. The number of nitrogens with zero attached hydrogens (tertiary/aromatic N) is 1. The summed E-state index contributed by atoms with van der Waals surface area (Å²) in [6.07, 6.45) is 2.02. The highest BCUT2D eigenvalue weighted by Crippen LogP contribution is 2.07. The molecule has 0 radical (unpaired) electrons. The number of amides is 1. The van der Waals surface area contributed by atoms with Crippen molar-refractivity contribution in [3.8, 4) is 0 Å². The van der Waals surface area contributed by atoms with E-state index in [1.54, 1.807) is 33.3 Å². The molecular formula is C10H14N2O2. The molecule has 0 spiro atoms. The van der Waals surface area contributed by atoms with Crippen molar-refractivity contribution in [3.05, 3.63) is 23.5 Å². The second kappa shape index (κ2) is 4.09. The van der Waals surface area contributed by atoms with E-state index in [0.29, 0.717) is 17.7 Å². The van der Waals surface area contributed by atoms with Crippen LogP contribution in [-0.4, -0.2) is 35.7 Å². The number of hydrogen-bond acceptors (Lipinski definition) is 2. The predicted molar refractivity (Wildman–Crippen MR) is 53.4 cm³/mol. The van der Waals surface area contributed by atoms with Crippen LogP contribution >= 0.6 is 0 Å². The van der Waals surface area contributed by atoms with Crippen LogP contribution in [0.1, 0.15) is 34.2 Å². The zero-order chi connectivity index (χ0) is 10.7. The minimum atomic E-state index is -0.125. The molecule has 1 rings (SSSR count). The molecule has 14 heavy (non-hydrogen) atoms. The standard InChI is InChI=1S/C10H14N2O2/c1-4-9(13)7-5-8(11-6-7)10(14)12(2)3/h5-6,11H,4H2,1-3H3. The number of Topliss-reactive ketones (excluding diaryl/α,β-unsaturated/α-hetero) is 1. The molecule has 1 heterocycles. The van der Waals surface area contributed by atoms with Crippen LogP contribution in [0.2, 0.25) is 0 Å². The maximum atomic E-state index is 11.5. The van der Waals surface area contributed by atoms with E-state index in [0.717, 1.165) is 0 Å². The summed E-state index contributed by atoms with van der Waals surface area (Å²) in [5.74, 6) is -0.0841. The van der Waals surface area contributed by atoms with Crippen LogP contribution in [0.4, 0.5) is 0 Å². The van der Waals surface area contributed by atoms with Crippen molar-refractivity contribution < 1.29 is 9.59 Å². The van der Waals surface area contributed by atoms with Gasteiger partial charge in [0.25, 0.3) is 5.91 Å². The number of carbonyl (C=O) groups is 2. The highest BCUT2D eigenvalue weighted by molar-refractivity contribution is 5.99. The van der Waals surface area contributed by atoms with E-state index in [1.165, 1.54) is 4.90 Å². The molecule has 0 bridgehead atoms. The van der Waals surface area contributed by atoms with Crippen molar-refractivity contribution in [2.24, 2.45) is 0 Å². The minimum Gasteiger partial charge on any atom is -0.356 e. The SMILES string of the molecule is CCC(=O)c1c[nH]c(C(=O)N(C)C)c1. The lowest BCUT2D eigenvalue weighted by Crippen LogP contribution is -2.21. The van der Waals surface area contributed by atoms with Crippen LogP contribution in [0.15, 0.2) is 12.3 Å². The monoisotopic (exact) mass is 194 g/mol. The molecule has 0 fully saturated rings. The molecule has 1 aromatic heterocycles. The Morgan fingerprint density at radius 1 is 1.43 bits per heavy atom. The van der Waals surface area contributed by atoms with Gasteiger partial charge >= 0.3 is 0 Å². The van der Waals surface area contributed by atoms with Gasteiger partial charge < -0.3 is 9.88 Å². The number of hydrogen-bond donors (Lipinski definition) is 1. The Bertz CT molecular complexity index is 353. The summed E-state index contributed by atoms with van der Waals surface area (Å²) in [5, 5.41) is 0. The quantitative estimate of drug-likeness (QED) is 0.737.